The first-order valence-electron chi connectivity index (χ1n) is 8.83. The van der Waals surface area contributed by atoms with Gasteiger partial charge in [-0.15, -0.1) is 0 Å². The molecule has 134 valence electrons. The van der Waals surface area contributed by atoms with Crippen LogP contribution in [0.2, 0.25) is 0 Å². The van der Waals surface area contributed by atoms with Crippen LogP contribution in [-0.2, 0) is 13.1 Å². The van der Waals surface area contributed by atoms with Crippen molar-refractivity contribution in [1.82, 2.24) is 15.8 Å². The van der Waals surface area contributed by atoms with Gasteiger partial charge >= 0.3 is 0 Å². The van der Waals surface area contributed by atoms with E-state index >= 15 is 0 Å². The van der Waals surface area contributed by atoms with Crippen LogP contribution in [0.3, 0.4) is 0 Å². The van der Waals surface area contributed by atoms with E-state index in [0.717, 1.165) is 29.5 Å². The molecule has 5 heteroatoms. The molecule has 0 aliphatic carbocycles. The number of aliphatic imine (C=N–C) groups is 1. The smallest absolute Gasteiger partial charge is 0.191 e. The van der Waals surface area contributed by atoms with Gasteiger partial charge in [0.2, 0.25) is 0 Å². The van der Waals surface area contributed by atoms with Gasteiger partial charge in [0.05, 0.1) is 13.1 Å². The minimum atomic E-state index is 0.552. The summed E-state index contributed by atoms with van der Waals surface area (Å²) >= 11 is 0. The van der Waals surface area contributed by atoms with E-state index in [1.54, 1.807) is 0 Å². The summed E-state index contributed by atoms with van der Waals surface area (Å²) in [6, 6.07) is 20.3. The van der Waals surface area contributed by atoms with Gasteiger partial charge in [0.15, 0.2) is 11.7 Å². The predicted octanol–water partition coefficient (Wildman–Crippen LogP) is 3.91. The molecule has 0 aliphatic heterocycles. The number of rotatable bonds is 6. The third kappa shape index (κ3) is 4.96. The van der Waals surface area contributed by atoms with Gasteiger partial charge in [-0.3, -0.25) is 0 Å². The number of hydrogen-bond donors (Lipinski definition) is 2. The van der Waals surface area contributed by atoms with Crippen molar-refractivity contribution >= 4 is 5.96 Å². The summed E-state index contributed by atoms with van der Waals surface area (Å²) in [5, 5.41) is 10.7. The lowest BCUT2D eigenvalue weighted by atomic mass is 10.1. The van der Waals surface area contributed by atoms with E-state index in [-0.39, 0.29) is 0 Å². The number of aromatic nitrogens is 1. The zero-order valence-corrected chi connectivity index (χ0v) is 15.2. The number of guanidine groups is 1. The van der Waals surface area contributed by atoms with Crippen molar-refractivity contribution in [3.8, 4) is 11.3 Å². The van der Waals surface area contributed by atoms with Crippen LogP contribution in [0.25, 0.3) is 11.3 Å². The van der Waals surface area contributed by atoms with Crippen LogP contribution in [0.15, 0.2) is 70.2 Å². The van der Waals surface area contributed by atoms with Gasteiger partial charge in [0.1, 0.15) is 5.69 Å². The number of nitrogens with zero attached hydrogens (tertiary/aromatic N) is 2. The van der Waals surface area contributed by atoms with Crippen LogP contribution < -0.4 is 10.6 Å². The van der Waals surface area contributed by atoms with Crippen LogP contribution in [0.4, 0.5) is 0 Å². The van der Waals surface area contributed by atoms with E-state index in [0.29, 0.717) is 13.1 Å². The molecule has 0 amide bonds. The summed E-state index contributed by atoms with van der Waals surface area (Å²) in [6.45, 7) is 6.12. The Balaban J connectivity index is 1.62. The van der Waals surface area contributed by atoms with Crippen LogP contribution in [0, 0.1) is 6.92 Å². The average Bonchev–Trinajstić information content (AvgIpc) is 3.14. The summed E-state index contributed by atoms with van der Waals surface area (Å²) in [5.74, 6) is 1.53. The fraction of sp³-hybridized carbons (Fsp3) is 0.238. The van der Waals surface area contributed by atoms with E-state index in [2.05, 4.69) is 52.0 Å². The maximum Gasteiger partial charge on any atom is 0.191 e. The molecule has 26 heavy (non-hydrogen) atoms. The van der Waals surface area contributed by atoms with Crippen molar-refractivity contribution in [3.05, 3.63) is 77.5 Å². The molecule has 0 aliphatic rings. The maximum atomic E-state index is 5.44. The fourth-order valence-corrected chi connectivity index (χ4v) is 2.63. The van der Waals surface area contributed by atoms with Crippen LogP contribution in [-0.4, -0.2) is 17.7 Å². The molecule has 0 radical (unpaired) electrons. The Morgan fingerprint density at radius 2 is 1.88 bits per heavy atom. The first kappa shape index (κ1) is 17.7. The largest absolute Gasteiger partial charge is 0.357 e. The van der Waals surface area contributed by atoms with E-state index in [1.807, 2.05) is 43.3 Å². The second-order valence-corrected chi connectivity index (χ2v) is 6.09. The molecule has 0 bridgehead atoms. The first-order valence-corrected chi connectivity index (χ1v) is 8.83. The molecule has 0 saturated heterocycles. The standard InChI is InChI=1S/C21H24N4O/c1-3-22-21(23-14-17-9-7-8-16(2)12-17)24-15-19-13-20(26-25-19)18-10-5-4-6-11-18/h4-13H,3,14-15H2,1-2H3,(H2,22,23,24). The molecule has 0 spiro atoms. The minimum absolute atomic E-state index is 0.552. The Hall–Kier alpha value is -3.08. The molecular formula is C21H24N4O. The SMILES string of the molecule is CCNC(=NCc1cccc(C)c1)NCc1cc(-c2ccccc2)on1. The Morgan fingerprint density at radius 3 is 2.65 bits per heavy atom. The Kier molecular flexibility index (Phi) is 6.04. The highest BCUT2D eigenvalue weighted by Crippen LogP contribution is 2.19. The lowest BCUT2D eigenvalue weighted by Gasteiger charge is -2.10. The van der Waals surface area contributed by atoms with Gasteiger partial charge in [0.25, 0.3) is 0 Å². The summed E-state index contributed by atoms with van der Waals surface area (Å²) in [6.07, 6.45) is 0. The maximum absolute atomic E-state index is 5.44. The summed E-state index contributed by atoms with van der Waals surface area (Å²) < 4.78 is 5.44. The van der Waals surface area contributed by atoms with Gasteiger partial charge in [-0.25, -0.2) is 4.99 Å². The second kappa shape index (κ2) is 8.85. The topological polar surface area (TPSA) is 62.5 Å². The summed E-state index contributed by atoms with van der Waals surface area (Å²) in [4.78, 5) is 4.64. The summed E-state index contributed by atoms with van der Waals surface area (Å²) in [5.41, 5.74) is 4.29. The number of benzene rings is 2. The van der Waals surface area contributed by atoms with Crippen molar-refractivity contribution < 1.29 is 4.52 Å². The van der Waals surface area contributed by atoms with E-state index < -0.39 is 0 Å². The highest BCUT2D eigenvalue weighted by atomic mass is 16.5. The molecule has 0 saturated carbocycles. The van der Waals surface area contributed by atoms with Gasteiger partial charge in [-0.1, -0.05) is 65.3 Å². The molecule has 1 aromatic heterocycles. The normalized spacial score (nSPS) is 11.4. The van der Waals surface area contributed by atoms with Crippen molar-refractivity contribution in [2.24, 2.45) is 4.99 Å². The Morgan fingerprint density at radius 1 is 1.04 bits per heavy atom. The lowest BCUT2D eigenvalue weighted by Crippen LogP contribution is -2.36. The minimum Gasteiger partial charge on any atom is -0.357 e. The molecule has 5 nitrogen and oxygen atoms in total. The fourth-order valence-electron chi connectivity index (χ4n) is 2.63. The molecule has 2 N–H and O–H groups in total. The van der Waals surface area contributed by atoms with Gasteiger partial charge in [-0.2, -0.15) is 0 Å². The van der Waals surface area contributed by atoms with Gasteiger partial charge < -0.3 is 15.2 Å². The highest BCUT2D eigenvalue weighted by Gasteiger charge is 2.07. The third-order valence-electron chi connectivity index (χ3n) is 3.90. The number of hydrogen-bond acceptors (Lipinski definition) is 3. The second-order valence-electron chi connectivity index (χ2n) is 6.09. The molecule has 3 rings (SSSR count). The van der Waals surface area contributed by atoms with Crippen LogP contribution in [0.5, 0.6) is 0 Å². The zero-order valence-electron chi connectivity index (χ0n) is 15.2. The lowest BCUT2D eigenvalue weighted by molar-refractivity contribution is 0.422. The zero-order chi connectivity index (χ0) is 18.2. The molecule has 0 fully saturated rings. The van der Waals surface area contributed by atoms with Gasteiger partial charge in [0, 0.05) is 18.2 Å². The third-order valence-corrected chi connectivity index (χ3v) is 3.90. The van der Waals surface area contributed by atoms with Crippen LogP contribution in [0.1, 0.15) is 23.7 Å². The monoisotopic (exact) mass is 348 g/mol. The molecule has 3 aromatic rings. The number of aryl methyl sites for hydroxylation is 1. The molecule has 0 unspecified atom stereocenters. The number of nitrogens with one attached hydrogen (secondary N) is 2. The predicted molar refractivity (Wildman–Crippen MR) is 105 cm³/mol. The highest BCUT2D eigenvalue weighted by molar-refractivity contribution is 5.79. The van der Waals surface area contributed by atoms with E-state index in [1.165, 1.54) is 11.1 Å². The molecule has 1 heterocycles. The Labute approximate surface area is 154 Å². The van der Waals surface area contributed by atoms with Crippen molar-refractivity contribution in [2.45, 2.75) is 26.9 Å². The van der Waals surface area contributed by atoms with Crippen molar-refractivity contribution in [3.63, 3.8) is 0 Å². The average molecular weight is 348 g/mol. The van der Waals surface area contributed by atoms with Gasteiger partial charge in [-0.05, 0) is 19.4 Å². The molecule has 2 aromatic carbocycles. The Bertz CT molecular complexity index is 855. The first-order chi connectivity index (χ1) is 12.7. The van der Waals surface area contributed by atoms with Crippen molar-refractivity contribution in [2.75, 3.05) is 6.54 Å². The van der Waals surface area contributed by atoms with Crippen LogP contribution >= 0.6 is 0 Å². The quantitative estimate of drug-likeness (QED) is 0.524. The molecule has 0 atom stereocenters. The van der Waals surface area contributed by atoms with E-state index in [9.17, 15) is 0 Å². The summed E-state index contributed by atoms with van der Waals surface area (Å²) in [7, 11) is 0. The molecular weight excluding hydrogens is 324 g/mol. The van der Waals surface area contributed by atoms with E-state index in [4.69, 9.17) is 4.52 Å². The van der Waals surface area contributed by atoms with Crippen molar-refractivity contribution in [1.29, 1.82) is 0 Å².